The average molecular weight is 479 g/mol. The van der Waals surface area contributed by atoms with E-state index < -0.39 is 30.3 Å². The summed E-state index contributed by atoms with van der Waals surface area (Å²) < 4.78 is 77.7. The highest BCUT2D eigenvalue weighted by Gasteiger charge is 2.38. The van der Waals surface area contributed by atoms with Crippen LogP contribution in [0.3, 0.4) is 0 Å². The first-order valence-corrected chi connectivity index (χ1v) is 10.5. The zero-order valence-corrected chi connectivity index (χ0v) is 18.0. The van der Waals surface area contributed by atoms with Gasteiger partial charge in [0, 0.05) is 26.2 Å². The third-order valence-corrected chi connectivity index (χ3v) is 4.28. The summed E-state index contributed by atoms with van der Waals surface area (Å²) >= 11 is 0. The van der Waals surface area contributed by atoms with Crippen molar-refractivity contribution in [2.45, 2.75) is 70.6 Å². The molecule has 0 fully saturated rings. The van der Waals surface area contributed by atoms with Crippen LogP contribution < -0.4 is 10.6 Å². The second-order valence-corrected chi connectivity index (χ2v) is 7.08. The Bertz CT molecular complexity index is 570. The van der Waals surface area contributed by atoms with Crippen LogP contribution in [0.15, 0.2) is 0 Å². The lowest BCUT2D eigenvalue weighted by Crippen LogP contribution is -2.38. The van der Waals surface area contributed by atoms with E-state index in [4.69, 9.17) is 4.74 Å². The van der Waals surface area contributed by atoms with Gasteiger partial charge in [-0.25, -0.2) is 4.79 Å². The molecule has 0 saturated heterocycles. The zero-order chi connectivity index (χ0) is 24.6. The summed E-state index contributed by atoms with van der Waals surface area (Å²) in [7, 11) is 0. The van der Waals surface area contributed by atoms with E-state index in [1.54, 1.807) is 10.6 Å². The molecule has 0 spiro atoms. The quantitative estimate of drug-likeness (QED) is 0.275. The fourth-order valence-corrected chi connectivity index (χ4v) is 2.50. The number of ether oxygens (including phenoxy) is 1. The number of alkyl halides is 6. The minimum atomic E-state index is -4.94. The van der Waals surface area contributed by atoms with Gasteiger partial charge in [0.25, 0.3) is 0 Å². The lowest BCUT2D eigenvalue weighted by Gasteiger charge is -2.22. The molecule has 13 heteroatoms. The van der Waals surface area contributed by atoms with Crippen LogP contribution in [0, 0.1) is 0 Å². The maximum absolute atomic E-state index is 12.2. The Morgan fingerprint density at radius 2 is 1.16 bits per heavy atom. The van der Waals surface area contributed by atoms with Crippen LogP contribution in [-0.4, -0.2) is 67.9 Å². The standard InChI is InChI=1S/C19H31F6N3O4/c1-2-3-14-32-17(31)28(13-9-7-11-27-16(30)19(23,24)25)12-8-5-4-6-10-26-15(29)18(20,21)22/h2-14H2,1H3,(H,26,29)(H,27,30). The molecule has 0 bridgehead atoms. The van der Waals surface area contributed by atoms with Crippen LogP contribution >= 0.6 is 0 Å². The molecule has 0 aliphatic heterocycles. The van der Waals surface area contributed by atoms with Crippen molar-refractivity contribution >= 4 is 17.9 Å². The maximum atomic E-state index is 12.2. The fraction of sp³-hybridized carbons (Fsp3) is 0.842. The van der Waals surface area contributed by atoms with Crippen LogP contribution in [-0.2, 0) is 14.3 Å². The molecule has 3 amide bonds. The Balaban J connectivity index is 4.23. The van der Waals surface area contributed by atoms with Crippen molar-refractivity contribution in [3.8, 4) is 0 Å². The van der Waals surface area contributed by atoms with Gasteiger partial charge in [-0.1, -0.05) is 26.2 Å². The Morgan fingerprint density at radius 3 is 1.62 bits per heavy atom. The van der Waals surface area contributed by atoms with Gasteiger partial charge in [0.2, 0.25) is 0 Å². The fourth-order valence-electron chi connectivity index (χ4n) is 2.50. The average Bonchev–Trinajstić information content (AvgIpc) is 2.69. The molecule has 2 N–H and O–H groups in total. The molecule has 0 aliphatic carbocycles. The van der Waals surface area contributed by atoms with Gasteiger partial charge in [0.1, 0.15) is 0 Å². The number of rotatable bonds is 15. The Hall–Kier alpha value is -2.21. The van der Waals surface area contributed by atoms with Gasteiger partial charge in [0.05, 0.1) is 6.61 Å². The first kappa shape index (κ1) is 29.8. The predicted molar refractivity (Wildman–Crippen MR) is 104 cm³/mol. The van der Waals surface area contributed by atoms with Crippen molar-refractivity contribution in [1.29, 1.82) is 0 Å². The van der Waals surface area contributed by atoms with Crippen LogP contribution in [0.4, 0.5) is 31.1 Å². The van der Waals surface area contributed by atoms with Gasteiger partial charge in [-0.05, 0) is 32.1 Å². The summed E-state index contributed by atoms with van der Waals surface area (Å²) in [5, 5.41) is 3.54. The Labute approximate surface area is 183 Å². The molecular weight excluding hydrogens is 448 g/mol. The van der Waals surface area contributed by atoms with Gasteiger partial charge in [0.15, 0.2) is 0 Å². The van der Waals surface area contributed by atoms with E-state index >= 15 is 0 Å². The molecule has 0 aromatic heterocycles. The summed E-state index contributed by atoms with van der Waals surface area (Å²) in [4.78, 5) is 35.0. The third-order valence-electron chi connectivity index (χ3n) is 4.28. The molecular formula is C19H31F6N3O4. The normalized spacial score (nSPS) is 11.7. The SMILES string of the molecule is CCCCOC(=O)N(CCCCCCNC(=O)C(F)(F)F)CCCCNC(=O)C(F)(F)F. The molecule has 0 unspecified atom stereocenters. The highest BCUT2D eigenvalue weighted by atomic mass is 19.4. The Morgan fingerprint density at radius 1 is 0.719 bits per heavy atom. The topological polar surface area (TPSA) is 87.7 Å². The number of hydrogen-bond donors (Lipinski definition) is 2. The van der Waals surface area contributed by atoms with E-state index in [-0.39, 0.29) is 32.7 Å². The zero-order valence-electron chi connectivity index (χ0n) is 18.0. The first-order chi connectivity index (χ1) is 14.9. The molecule has 188 valence electrons. The number of amides is 3. The number of carbonyl (C=O) groups is 3. The van der Waals surface area contributed by atoms with Gasteiger partial charge >= 0.3 is 30.3 Å². The van der Waals surface area contributed by atoms with Gasteiger partial charge in [-0.15, -0.1) is 0 Å². The molecule has 0 rings (SSSR count). The van der Waals surface area contributed by atoms with Crippen molar-refractivity contribution in [3.63, 3.8) is 0 Å². The van der Waals surface area contributed by atoms with Crippen molar-refractivity contribution in [3.05, 3.63) is 0 Å². The summed E-state index contributed by atoms with van der Waals surface area (Å²) in [6.07, 6.45) is -6.26. The minimum absolute atomic E-state index is 0.106. The van der Waals surface area contributed by atoms with Crippen LogP contribution in [0.5, 0.6) is 0 Å². The number of halogens is 6. The summed E-state index contributed by atoms with van der Waals surface area (Å²) in [6.45, 7) is 2.43. The lowest BCUT2D eigenvalue weighted by atomic mass is 10.2. The molecule has 0 heterocycles. The molecule has 32 heavy (non-hydrogen) atoms. The van der Waals surface area contributed by atoms with E-state index in [2.05, 4.69) is 0 Å². The van der Waals surface area contributed by atoms with E-state index in [0.717, 1.165) is 6.42 Å². The number of unbranched alkanes of at least 4 members (excludes halogenated alkanes) is 5. The molecule has 0 saturated carbocycles. The van der Waals surface area contributed by atoms with E-state index in [9.17, 15) is 40.7 Å². The molecule has 0 aliphatic rings. The number of hydrogen-bond acceptors (Lipinski definition) is 4. The van der Waals surface area contributed by atoms with E-state index in [1.807, 2.05) is 6.92 Å². The second kappa shape index (κ2) is 15.6. The Kier molecular flexibility index (Phi) is 14.5. The van der Waals surface area contributed by atoms with Gasteiger partial charge < -0.3 is 20.3 Å². The lowest BCUT2D eigenvalue weighted by molar-refractivity contribution is -0.173. The number of nitrogens with one attached hydrogen (secondary N) is 2. The number of carbonyl (C=O) groups excluding carboxylic acids is 3. The molecule has 0 atom stereocenters. The van der Waals surface area contributed by atoms with Crippen molar-refractivity contribution in [2.24, 2.45) is 0 Å². The van der Waals surface area contributed by atoms with Crippen molar-refractivity contribution in [1.82, 2.24) is 15.5 Å². The molecule has 0 aromatic rings. The van der Waals surface area contributed by atoms with Crippen molar-refractivity contribution < 1.29 is 45.5 Å². The largest absolute Gasteiger partial charge is 0.471 e. The maximum Gasteiger partial charge on any atom is 0.471 e. The number of nitrogens with zero attached hydrogens (tertiary/aromatic N) is 1. The van der Waals surface area contributed by atoms with Crippen LogP contribution in [0.2, 0.25) is 0 Å². The van der Waals surface area contributed by atoms with Crippen LogP contribution in [0.1, 0.15) is 58.3 Å². The van der Waals surface area contributed by atoms with Crippen LogP contribution in [0.25, 0.3) is 0 Å². The van der Waals surface area contributed by atoms with Gasteiger partial charge in [-0.3, -0.25) is 9.59 Å². The second-order valence-electron chi connectivity index (χ2n) is 7.08. The first-order valence-electron chi connectivity index (χ1n) is 10.5. The van der Waals surface area contributed by atoms with Crippen molar-refractivity contribution in [2.75, 3.05) is 32.8 Å². The minimum Gasteiger partial charge on any atom is -0.449 e. The van der Waals surface area contributed by atoms with E-state index in [0.29, 0.717) is 45.1 Å². The monoisotopic (exact) mass is 479 g/mol. The molecule has 7 nitrogen and oxygen atoms in total. The highest BCUT2D eigenvalue weighted by molar-refractivity contribution is 5.81. The third kappa shape index (κ3) is 14.7. The van der Waals surface area contributed by atoms with Gasteiger partial charge in [-0.2, -0.15) is 26.3 Å². The predicted octanol–water partition coefficient (Wildman–Crippen LogP) is 3.92. The molecule has 0 aromatic carbocycles. The van der Waals surface area contributed by atoms with E-state index in [1.165, 1.54) is 4.90 Å². The summed E-state index contributed by atoms with van der Waals surface area (Å²) in [6, 6.07) is 0. The summed E-state index contributed by atoms with van der Waals surface area (Å²) in [5.74, 6) is -4.00. The highest BCUT2D eigenvalue weighted by Crippen LogP contribution is 2.15. The molecule has 0 radical (unpaired) electrons. The smallest absolute Gasteiger partial charge is 0.449 e. The summed E-state index contributed by atoms with van der Waals surface area (Å²) in [5.41, 5.74) is 0.